The van der Waals surface area contributed by atoms with Gasteiger partial charge in [-0.25, -0.2) is 0 Å². The molecule has 4 aliphatic rings. The normalized spacial score (nSPS) is 19.5. The SMILES string of the molecule is Cl.Cl.[CH2]=[Zr]([C]1=CC=CC1)([c]1ccc(F)cc1)([c]1ccc(F)cc1)[CH]1C=C(C)c2cc3c(cc2C1(C)C)Cc1cc2c(cc1-3)C(C)=CCC2(C)C. The van der Waals surface area contributed by atoms with Gasteiger partial charge in [-0.3, -0.25) is 0 Å². The molecule has 258 valence electrons. The van der Waals surface area contributed by atoms with Crippen LogP contribution >= 0.6 is 24.8 Å². The summed E-state index contributed by atoms with van der Waals surface area (Å²) in [6.07, 6.45) is 14.3. The number of halogens is 4. The van der Waals surface area contributed by atoms with Gasteiger partial charge in [0.1, 0.15) is 0 Å². The molecule has 0 aliphatic heterocycles. The first-order chi connectivity index (χ1) is 22.7. The Bertz CT molecular complexity index is 2200. The van der Waals surface area contributed by atoms with Gasteiger partial charge in [0.2, 0.25) is 0 Å². The topological polar surface area (TPSA) is 0 Å². The zero-order chi connectivity index (χ0) is 33.8. The molecule has 0 saturated carbocycles. The van der Waals surface area contributed by atoms with E-state index in [1.54, 1.807) is 24.3 Å². The first kappa shape index (κ1) is 36.8. The molecule has 8 rings (SSSR count). The van der Waals surface area contributed by atoms with Crippen molar-refractivity contribution >= 4 is 46.7 Å². The van der Waals surface area contributed by atoms with E-state index in [1.165, 1.54) is 58.9 Å². The van der Waals surface area contributed by atoms with Crippen molar-refractivity contribution in [1.29, 1.82) is 0 Å². The minimum absolute atomic E-state index is 0. The summed E-state index contributed by atoms with van der Waals surface area (Å²) >= 11 is -4.98. The van der Waals surface area contributed by atoms with Crippen LogP contribution in [0, 0.1) is 11.6 Å². The molecule has 0 spiro atoms. The van der Waals surface area contributed by atoms with Crippen LogP contribution in [-0.4, -0.2) is 4.21 Å². The van der Waals surface area contributed by atoms with Crippen LogP contribution in [0.1, 0.15) is 87.8 Å². The summed E-state index contributed by atoms with van der Waals surface area (Å²) in [6.45, 7) is 14.0. The summed E-state index contributed by atoms with van der Waals surface area (Å²) in [6, 6.07) is 24.2. The Morgan fingerprint density at radius 1 is 0.700 bits per heavy atom. The molecule has 0 nitrogen and oxygen atoms in total. The molecule has 0 heterocycles. The van der Waals surface area contributed by atoms with E-state index < -0.39 is 18.3 Å². The molecule has 0 N–H and O–H groups in total. The van der Waals surface area contributed by atoms with E-state index in [-0.39, 0.29) is 50.9 Å². The van der Waals surface area contributed by atoms with Gasteiger partial charge in [-0.1, -0.05) is 0 Å². The van der Waals surface area contributed by atoms with Crippen LogP contribution < -0.4 is 6.54 Å². The molecule has 0 bridgehead atoms. The average molecular weight is 787 g/mol. The van der Waals surface area contributed by atoms with Crippen molar-refractivity contribution in [3.8, 4) is 11.1 Å². The zero-order valence-electron chi connectivity index (χ0n) is 29.8. The average Bonchev–Trinajstić information content (AvgIpc) is 3.73. The molecule has 50 heavy (non-hydrogen) atoms. The van der Waals surface area contributed by atoms with E-state index in [0.717, 1.165) is 25.8 Å². The van der Waals surface area contributed by atoms with Crippen molar-refractivity contribution in [3.05, 3.63) is 151 Å². The van der Waals surface area contributed by atoms with E-state index in [0.29, 0.717) is 0 Å². The molecule has 0 fully saturated rings. The van der Waals surface area contributed by atoms with Gasteiger partial charge in [-0.05, 0) is 0 Å². The summed E-state index contributed by atoms with van der Waals surface area (Å²) < 4.78 is 38.2. The Hall–Kier alpha value is -2.97. The third kappa shape index (κ3) is 5.01. The zero-order valence-corrected chi connectivity index (χ0v) is 33.9. The fraction of sp³-hybridized carbons (Fsp3) is 0.267. The molecule has 0 saturated heterocycles. The van der Waals surface area contributed by atoms with Crippen molar-refractivity contribution in [2.45, 2.75) is 75.3 Å². The molecule has 0 radical (unpaired) electrons. The molecule has 5 heteroatoms. The molecule has 4 aliphatic carbocycles. The fourth-order valence-corrected chi connectivity index (χ4v) is 28.4. The second-order valence-electron chi connectivity index (χ2n) is 16.2. The van der Waals surface area contributed by atoms with Gasteiger partial charge in [-0.2, -0.15) is 0 Å². The van der Waals surface area contributed by atoms with Crippen molar-refractivity contribution < 1.29 is 27.1 Å². The predicted molar refractivity (Wildman–Crippen MR) is 212 cm³/mol. The van der Waals surface area contributed by atoms with E-state index in [2.05, 4.69) is 96.2 Å². The van der Waals surface area contributed by atoms with Gasteiger partial charge >= 0.3 is 287 Å². The second-order valence-corrected chi connectivity index (χ2v) is 29.7. The molecule has 1 atom stereocenters. The molecule has 1 unspecified atom stereocenters. The molecule has 4 aromatic rings. The second kappa shape index (κ2) is 12.3. The Morgan fingerprint density at radius 2 is 1.22 bits per heavy atom. The molecule has 0 amide bonds. The van der Waals surface area contributed by atoms with Crippen LogP contribution in [0.2, 0.25) is 3.63 Å². The number of hydrogen-bond donors (Lipinski definition) is 0. The predicted octanol–water partition coefficient (Wildman–Crippen LogP) is 11.6. The molecular formula is C45H46Cl2F2Zr. The third-order valence-corrected chi connectivity index (χ3v) is 30.9. The Morgan fingerprint density at radius 3 is 1.74 bits per heavy atom. The summed E-state index contributed by atoms with van der Waals surface area (Å²) in [5.74, 6) is -0.517. The fourth-order valence-electron chi connectivity index (χ4n) is 9.99. The molecular weight excluding hydrogens is 741 g/mol. The van der Waals surface area contributed by atoms with E-state index in [9.17, 15) is 8.78 Å². The number of hydrogen-bond acceptors (Lipinski definition) is 0. The van der Waals surface area contributed by atoms with Gasteiger partial charge in [0.15, 0.2) is 0 Å². The number of allylic oxidation sites excluding steroid dienone is 8. The van der Waals surface area contributed by atoms with E-state index in [4.69, 9.17) is 4.21 Å². The maximum absolute atomic E-state index is 14.6. The summed E-state index contributed by atoms with van der Waals surface area (Å²) in [7, 11) is 0. The first-order valence-electron chi connectivity index (χ1n) is 17.4. The third-order valence-electron chi connectivity index (χ3n) is 12.7. The summed E-state index contributed by atoms with van der Waals surface area (Å²) in [5.41, 5.74) is 13.4. The maximum atomic E-state index is 14.6. The van der Waals surface area contributed by atoms with E-state index in [1.807, 2.05) is 24.3 Å². The van der Waals surface area contributed by atoms with Crippen LogP contribution in [0.3, 0.4) is 0 Å². The van der Waals surface area contributed by atoms with Crippen molar-refractivity contribution in [3.63, 3.8) is 0 Å². The quantitative estimate of drug-likeness (QED) is 0.170. The van der Waals surface area contributed by atoms with Gasteiger partial charge in [-0.15, -0.1) is 24.8 Å². The van der Waals surface area contributed by atoms with Crippen molar-refractivity contribution in [1.82, 2.24) is 0 Å². The Kier molecular flexibility index (Phi) is 9.07. The summed E-state index contributed by atoms with van der Waals surface area (Å²) in [5, 5.41) is 0. The van der Waals surface area contributed by atoms with Crippen LogP contribution in [0.4, 0.5) is 8.78 Å². The van der Waals surface area contributed by atoms with Crippen molar-refractivity contribution in [2.75, 3.05) is 0 Å². The van der Waals surface area contributed by atoms with E-state index >= 15 is 0 Å². The minimum atomic E-state index is -4.98. The van der Waals surface area contributed by atoms with Crippen molar-refractivity contribution in [2.24, 2.45) is 0 Å². The van der Waals surface area contributed by atoms with Gasteiger partial charge < -0.3 is 0 Å². The number of benzene rings is 4. The Labute approximate surface area is 309 Å². The van der Waals surface area contributed by atoms with Gasteiger partial charge in [0.05, 0.1) is 0 Å². The number of rotatable bonds is 4. The monoisotopic (exact) mass is 784 g/mol. The Balaban J connectivity index is 0.00000216. The number of fused-ring (bicyclic) bond motifs is 5. The van der Waals surface area contributed by atoms with Crippen LogP contribution in [0.25, 0.3) is 22.3 Å². The van der Waals surface area contributed by atoms with Gasteiger partial charge in [0.25, 0.3) is 0 Å². The standard InChI is InChI=1S/C27H29.2C6H4F.C5H5.CH2.2ClH.Zr/c1-16-7-9-26(3,4)24-12-18-11-19-13-25-21(17(2)8-10-27(25,5)6)15-23(19)22(18)14-20(16)24;2*7-6-4-2-1-3-5-6;1-2-4-5-3-1;;;;/h7-9,12-15H,10-11H2,1-6H3;2*2-5H;1-3H,4H2;1H2;2*1H;. The van der Waals surface area contributed by atoms with Gasteiger partial charge in [0, 0.05) is 0 Å². The van der Waals surface area contributed by atoms with Crippen LogP contribution in [0.15, 0.2) is 106 Å². The molecule has 4 aromatic carbocycles. The first-order valence-corrected chi connectivity index (χ1v) is 24.2. The van der Waals surface area contributed by atoms with Crippen LogP contribution in [0.5, 0.6) is 0 Å². The molecule has 0 aromatic heterocycles. The van der Waals surface area contributed by atoms with Crippen LogP contribution in [-0.2, 0) is 35.5 Å². The summed E-state index contributed by atoms with van der Waals surface area (Å²) in [4.78, 5) is 0.